The number of ether oxygens (including phenoxy) is 3. The van der Waals surface area contributed by atoms with Crippen LogP contribution in [0.4, 0.5) is 21.9 Å². The molecule has 0 atom stereocenters. The van der Waals surface area contributed by atoms with Gasteiger partial charge in [-0.3, -0.25) is 14.7 Å². The Morgan fingerprint density at radius 2 is 1.73 bits per heavy atom. The average Bonchev–Trinajstić information content (AvgIpc) is 3.00. The molecule has 2 aliphatic heterocycles. The molecule has 0 spiro atoms. The number of nitrogen functional groups attached to an aromatic ring is 1. The standard InChI is InChI=1S/C30H36N6O5/c31-24-5-1-2-6-25(24)34-29(37)26-9-7-22(20-32-26)21-36(12-4-3-11-35-13-15-39-16-14-35)30(38)33-23-8-10-27-28(19-23)41-18-17-40-27/h1-2,5-10,19-20H,3-4,11-18,21,31H2,(H,33,38)(H,34,37). The topological polar surface area (TPSA) is 131 Å². The van der Waals surface area contributed by atoms with Gasteiger partial charge in [0.05, 0.1) is 24.6 Å². The number of benzene rings is 2. The van der Waals surface area contributed by atoms with Crippen molar-refractivity contribution < 1.29 is 23.8 Å². The van der Waals surface area contributed by atoms with Crippen LogP contribution in [-0.4, -0.2) is 79.3 Å². The number of hydrogen-bond acceptors (Lipinski definition) is 8. The highest BCUT2D eigenvalue weighted by Crippen LogP contribution is 2.32. The van der Waals surface area contributed by atoms with Crippen LogP contribution in [0.15, 0.2) is 60.8 Å². The summed E-state index contributed by atoms with van der Waals surface area (Å²) in [6.07, 6.45) is 3.44. The minimum absolute atomic E-state index is 0.227. The molecule has 0 saturated carbocycles. The third kappa shape index (κ3) is 7.86. The summed E-state index contributed by atoms with van der Waals surface area (Å²) >= 11 is 0. The summed E-state index contributed by atoms with van der Waals surface area (Å²) in [5.41, 5.74) is 8.64. The van der Waals surface area contributed by atoms with Crippen molar-refractivity contribution in [2.24, 2.45) is 0 Å². The molecule has 11 heteroatoms. The summed E-state index contributed by atoms with van der Waals surface area (Å²) in [5.74, 6) is 0.923. The molecule has 1 aromatic heterocycles. The quantitative estimate of drug-likeness (QED) is 0.252. The average molecular weight is 561 g/mol. The molecule has 1 fully saturated rings. The lowest BCUT2D eigenvalue weighted by Gasteiger charge is -2.27. The fourth-order valence-corrected chi connectivity index (χ4v) is 4.71. The van der Waals surface area contributed by atoms with Crippen molar-refractivity contribution in [2.75, 3.05) is 69.0 Å². The van der Waals surface area contributed by atoms with Gasteiger partial charge in [-0.05, 0) is 55.3 Å². The largest absolute Gasteiger partial charge is 0.486 e. The number of morpholine rings is 1. The molecule has 0 aliphatic carbocycles. The van der Waals surface area contributed by atoms with E-state index in [9.17, 15) is 9.59 Å². The molecular weight excluding hydrogens is 524 g/mol. The summed E-state index contributed by atoms with van der Waals surface area (Å²) in [6, 6.07) is 15.7. The smallest absolute Gasteiger partial charge is 0.322 e. The van der Waals surface area contributed by atoms with Crippen molar-refractivity contribution in [1.29, 1.82) is 0 Å². The van der Waals surface area contributed by atoms with E-state index in [0.29, 0.717) is 54.9 Å². The van der Waals surface area contributed by atoms with E-state index in [4.69, 9.17) is 19.9 Å². The second-order valence-corrected chi connectivity index (χ2v) is 9.96. The van der Waals surface area contributed by atoms with Crippen LogP contribution < -0.4 is 25.8 Å². The molecule has 5 rings (SSSR count). The van der Waals surface area contributed by atoms with E-state index in [1.54, 1.807) is 59.6 Å². The minimum Gasteiger partial charge on any atom is -0.486 e. The molecule has 2 aromatic carbocycles. The Kier molecular flexibility index (Phi) is 9.50. The predicted octanol–water partition coefficient (Wildman–Crippen LogP) is 3.83. The molecule has 1 saturated heterocycles. The molecule has 3 heterocycles. The van der Waals surface area contributed by atoms with Gasteiger partial charge in [0.1, 0.15) is 18.9 Å². The number of pyridine rings is 1. The molecule has 3 aromatic rings. The van der Waals surface area contributed by atoms with E-state index in [2.05, 4.69) is 20.5 Å². The number of urea groups is 1. The van der Waals surface area contributed by atoms with E-state index in [1.807, 2.05) is 6.07 Å². The number of carbonyl (C=O) groups excluding carboxylic acids is 2. The Labute approximate surface area is 239 Å². The van der Waals surface area contributed by atoms with E-state index < -0.39 is 0 Å². The minimum atomic E-state index is -0.356. The number of amides is 3. The number of fused-ring (bicyclic) bond motifs is 1. The molecule has 4 N–H and O–H groups in total. The molecule has 3 amide bonds. The molecule has 0 bridgehead atoms. The van der Waals surface area contributed by atoms with E-state index in [0.717, 1.165) is 51.3 Å². The van der Waals surface area contributed by atoms with Crippen LogP contribution in [0, 0.1) is 0 Å². The molecule has 0 radical (unpaired) electrons. The summed E-state index contributed by atoms with van der Waals surface area (Å²) < 4.78 is 16.7. The third-order valence-corrected chi connectivity index (χ3v) is 6.98. The third-order valence-electron chi connectivity index (χ3n) is 6.98. The van der Waals surface area contributed by atoms with Crippen molar-refractivity contribution in [3.05, 3.63) is 72.1 Å². The summed E-state index contributed by atoms with van der Waals surface area (Å²) in [5, 5.41) is 5.78. The lowest BCUT2D eigenvalue weighted by atomic mass is 10.2. The Bertz CT molecular complexity index is 1330. The predicted molar refractivity (Wildman–Crippen MR) is 156 cm³/mol. The number of hydrogen-bond donors (Lipinski definition) is 3. The Morgan fingerprint density at radius 1 is 0.927 bits per heavy atom. The number of aromatic nitrogens is 1. The summed E-state index contributed by atoms with van der Waals surface area (Å²) in [4.78, 5) is 34.6. The zero-order valence-corrected chi connectivity index (χ0v) is 23.0. The van der Waals surface area contributed by atoms with Gasteiger partial charge in [-0.1, -0.05) is 18.2 Å². The number of nitrogens with two attached hydrogens (primary N) is 1. The number of rotatable bonds is 10. The van der Waals surface area contributed by atoms with Gasteiger partial charge in [0, 0.05) is 44.1 Å². The van der Waals surface area contributed by atoms with Crippen LogP contribution >= 0.6 is 0 Å². The van der Waals surface area contributed by atoms with Crippen LogP contribution in [0.1, 0.15) is 28.9 Å². The molecular formula is C30H36N6O5. The number of nitrogens with one attached hydrogen (secondary N) is 2. The van der Waals surface area contributed by atoms with Gasteiger partial charge >= 0.3 is 6.03 Å². The fourth-order valence-electron chi connectivity index (χ4n) is 4.71. The van der Waals surface area contributed by atoms with Crippen LogP contribution in [0.25, 0.3) is 0 Å². The molecule has 41 heavy (non-hydrogen) atoms. The number of nitrogens with zero attached hydrogens (tertiary/aromatic N) is 3. The second-order valence-electron chi connectivity index (χ2n) is 9.96. The van der Waals surface area contributed by atoms with Gasteiger partial charge in [-0.2, -0.15) is 0 Å². The maximum Gasteiger partial charge on any atom is 0.322 e. The number of anilines is 3. The number of para-hydroxylation sites is 2. The lowest BCUT2D eigenvalue weighted by molar-refractivity contribution is 0.0370. The van der Waals surface area contributed by atoms with Gasteiger partial charge in [0.25, 0.3) is 5.91 Å². The van der Waals surface area contributed by atoms with E-state index in [-0.39, 0.29) is 17.6 Å². The first-order chi connectivity index (χ1) is 20.0. The summed E-state index contributed by atoms with van der Waals surface area (Å²) in [7, 11) is 0. The van der Waals surface area contributed by atoms with Crippen molar-refractivity contribution >= 4 is 29.0 Å². The van der Waals surface area contributed by atoms with Crippen molar-refractivity contribution in [2.45, 2.75) is 19.4 Å². The van der Waals surface area contributed by atoms with E-state index >= 15 is 0 Å². The zero-order chi connectivity index (χ0) is 28.4. The monoisotopic (exact) mass is 560 g/mol. The highest BCUT2D eigenvalue weighted by molar-refractivity contribution is 6.04. The molecule has 0 unspecified atom stereocenters. The van der Waals surface area contributed by atoms with Crippen molar-refractivity contribution in [1.82, 2.24) is 14.8 Å². The molecule has 2 aliphatic rings. The zero-order valence-electron chi connectivity index (χ0n) is 23.0. The first-order valence-corrected chi connectivity index (χ1v) is 13.9. The number of unbranched alkanes of at least 4 members (excludes halogenated alkanes) is 1. The number of carbonyl (C=O) groups is 2. The van der Waals surface area contributed by atoms with Crippen molar-refractivity contribution in [3.63, 3.8) is 0 Å². The van der Waals surface area contributed by atoms with Gasteiger partial charge < -0.3 is 35.5 Å². The van der Waals surface area contributed by atoms with Gasteiger partial charge in [-0.25, -0.2) is 4.79 Å². The van der Waals surface area contributed by atoms with E-state index in [1.165, 1.54) is 0 Å². The first kappa shape index (κ1) is 28.2. The maximum absolute atomic E-state index is 13.4. The maximum atomic E-state index is 13.4. The first-order valence-electron chi connectivity index (χ1n) is 13.9. The highest BCUT2D eigenvalue weighted by Gasteiger charge is 2.18. The highest BCUT2D eigenvalue weighted by atomic mass is 16.6. The second kappa shape index (κ2) is 13.8. The van der Waals surface area contributed by atoms with Crippen LogP contribution in [0.3, 0.4) is 0 Å². The van der Waals surface area contributed by atoms with Gasteiger partial charge in [0.2, 0.25) is 0 Å². The van der Waals surface area contributed by atoms with Gasteiger partial charge in [0.15, 0.2) is 11.5 Å². The Balaban J connectivity index is 1.22. The van der Waals surface area contributed by atoms with Crippen LogP contribution in [0.5, 0.6) is 11.5 Å². The molecule has 216 valence electrons. The Morgan fingerprint density at radius 3 is 2.51 bits per heavy atom. The van der Waals surface area contributed by atoms with Gasteiger partial charge in [-0.15, -0.1) is 0 Å². The lowest BCUT2D eigenvalue weighted by Crippen LogP contribution is -2.38. The van der Waals surface area contributed by atoms with Crippen LogP contribution in [0.2, 0.25) is 0 Å². The molecule has 11 nitrogen and oxygen atoms in total. The normalized spacial score (nSPS) is 14.7. The Hall–Kier alpha value is -4.35. The fraction of sp³-hybridized carbons (Fsp3) is 0.367. The SMILES string of the molecule is Nc1ccccc1NC(=O)c1ccc(CN(CCCCN2CCOCC2)C(=O)Nc2ccc3c(c2)OCCO3)cn1. The van der Waals surface area contributed by atoms with Crippen molar-refractivity contribution in [3.8, 4) is 11.5 Å². The van der Waals surface area contributed by atoms with Crippen LogP contribution in [-0.2, 0) is 11.3 Å². The summed E-state index contributed by atoms with van der Waals surface area (Å²) in [6.45, 7) is 6.27.